The van der Waals surface area contributed by atoms with Gasteiger partial charge in [0, 0.05) is 11.8 Å². The molecule has 8 heteroatoms. The van der Waals surface area contributed by atoms with Gasteiger partial charge in [0.1, 0.15) is 0 Å². The van der Waals surface area contributed by atoms with Gasteiger partial charge < -0.3 is 20.8 Å². The minimum Gasteiger partial charge on any atom is -0.391 e. The van der Waals surface area contributed by atoms with E-state index in [1.165, 1.54) is 0 Å². The van der Waals surface area contributed by atoms with E-state index in [-0.39, 0.29) is 35.7 Å². The van der Waals surface area contributed by atoms with Gasteiger partial charge in [-0.25, -0.2) is 0 Å². The molecule has 0 saturated heterocycles. The third-order valence-corrected chi connectivity index (χ3v) is 12.5. The number of aliphatic hydroxyl groups is 2. The van der Waals surface area contributed by atoms with Crippen LogP contribution in [0.2, 0.25) is 0 Å². The Labute approximate surface area is 317 Å². The zero-order valence-electron chi connectivity index (χ0n) is 31.0. The van der Waals surface area contributed by atoms with E-state index < -0.39 is 23.0 Å². The maximum absolute atomic E-state index is 13.4. The summed E-state index contributed by atoms with van der Waals surface area (Å²) >= 11 is 0. The Balaban J connectivity index is 0.000000167. The number of carbonyl (C=O) groups excluding carboxylic acids is 2. The Morgan fingerprint density at radius 3 is 1.33 bits per heavy atom. The largest absolute Gasteiger partial charge is 0.391 e. The van der Waals surface area contributed by atoms with Crippen LogP contribution in [0.5, 0.6) is 0 Å². The lowest BCUT2D eigenvalue weighted by Crippen LogP contribution is -2.48. The second-order valence-electron chi connectivity index (χ2n) is 16.1. The topological polar surface area (TPSA) is 146 Å². The fraction of sp³-hybridized carbons (Fsp3) is 0.391. The van der Waals surface area contributed by atoms with E-state index in [9.17, 15) is 30.3 Å². The van der Waals surface area contributed by atoms with Gasteiger partial charge in [-0.3, -0.25) is 9.59 Å². The van der Waals surface area contributed by atoms with Crippen LogP contribution in [0.3, 0.4) is 0 Å². The Bertz CT molecular complexity index is 1960. The van der Waals surface area contributed by atoms with E-state index in [2.05, 4.69) is 47.0 Å². The first-order valence-electron chi connectivity index (χ1n) is 19.2. The fourth-order valence-electron chi connectivity index (χ4n) is 9.56. The number of carbonyl (C=O) groups is 2. The Hall–Kier alpha value is -5.28. The molecule has 2 saturated carbocycles. The van der Waals surface area contributed by atoms with Gasteiger partial charge in [0.05, 0.1) is 58.4 Å². The number of aliphatic hydroxyl groups excluding tert-OH is 2. The van der Waals surface area contributed by atoms with Gasteiger partial charge in [0.15, 0.2) is 0 Å². The zero-order valence-corrected chi connectivity index (χ0v) is 31.0. The van der Waals surface area contributed by atoms with Crippen LogP contribution in [-0.4, -0.2) is 46.3 Å². The molecular weight excluding hydrogens is 673 g/mol. The third kappa shape index (κ3) is 6.93. The van der Waals surface area contributed by atoms with Crippen molar-refractivity contribution in [3.63, 3.8) is 0 Å². The van der Waals surface area contributed by atoms with Crippen molar-refractivity contribution < 1.29 is 19.8 Å². The molecule has 0 aromatic heterocycles. The van der Waals surface area contributed by atoms with Gasteiger partial charge in [-0.1, -0.05) is 72.8 Å². The van der Waals surface area contributed by atoms with Gasteiger partial charge in [-0.15, -0.1) is 0 Å². The van der Waals surface area contributed by atoms with Gasteiger partial charge in [-0.2, -0.15) is 10.5 Å². The molecule has 54 heavy (non-hydrogen) atoms. The molecule has 0 heterocycles. The Kier molecular flexibility index (Phi) is 10.4. The number of rotatable bonds is 6. The van der Waals surface area contributed by atoms with Crippen LogP contribution in [0.15, 0.2) is 97.1 Å². The Morgan fingerprint density at radius 2 is 1.00 bits per heavy atom. The molecule has 0 spiro atoms. The molecule has 8 atom stereocenters. The van der Waals surface area contributed by atoms with Crippen LogP contribution in [0, 0.1) is 33.5 Å². The summed E-state index contributed by atoms with van der Waals surface area (Å²) in [5.74, 6) is -0.255. The summed E-state index contributed by atoms with van der Waals surface area (Å²) in [4.78, 5) is 26.8. The average molecular weight is 721 g/mol. The summed E-state index contributed by atoms with van der Waals surface area (Å²) in [5.41, 5.74) is 6.44. The second-order valence-corrected chi connectivity index (χ2v) is 16.1. The molecule has 4 N–H and O–H groups in total. The van der Waals surface area contributed by atoms with Crippen LogP contribution in [0.4, 0.5) is 0 Å². The minimum atomic E-state index is -0.653. The van der Waals surface area contributed by atoms with Crippen LogP contribution in [0.25, 0.3) is 0 Å². The molecule has 4 aromatic carbocycles. The first-order chi connectivity index (χ1) is 26.1. The number of nitrogens with zero attached hydrogens (tertiary/aromatic N) is 2. The van der Waals surface area contributed by atoms with Gasteiger partial charge in [0.2, 0.25) is 11.8 Å². The van der Waals surface area contributed by atoms with E-state index in [1.54, 1.807) is 0 Å². The summed E-state index contributed by atoms with van der Waals surface area (Å²) in [7, 11) is 0. The van der Waals surface area contributed by atoms with Crippen molar-refractivity contribution in [3.05, 3.63) is 142 Å². The normalized spacial score (nSPS) is 29.1. The smallest absolute Gasteiger partial charge is 0.227 e. The zero-order chi connectivity index (χ0) is 38.0. The van der Waals surface area contributed by atoms with Gasteiger partial charge in [0.25, 0.3) is 0 Å². The number of benzene rings is 4. The molecule has 0 aliphatic heterocycles. The highest BCUT2D eigenvalue weighted by Gasteiger charge is 2.51. The number of amides is 2. The maximum atomic E-state index is 13.4. The summed E-state index contributed by atoms with van der Waals surface area (Å²) in [6.45, 7) is 4.01. The Morgan fingerprint density at radius 1 is 0.611 bits per heavy atom. The molecule has 276 valence electrons. The maximum Gasteiger partial charge on any atom is 0.227 e. The van der Waals surface area contributed by atoms with E-state index in [0.29, 0.717) is 24.0 Å². The highest BCUT2D eigenvalue weighted by molar-refractivity contribution is 5.87. The molecule has 8 nitrogen and oxygen atoms in total. The number of hydrogen-bond acceptors (Lipinski definition) is 6. The molecule has 2 amide bonds. The van der Waals surface area contributed by atoms with Crippen molar-refractivity contribution in [2.24, 2.45) is 10.8 Å². The SMILES string of the molecule is C[C@@]1(C(=O)N[C@@H]2CCC[C@H]2O)Cc2ccc(C#N)cc2[C@@H]1c1ccccc1.C[C@@]1(C(=O)N[C@H]2CCC[C@@H]2O)Cc2ccc(C#N)cc2[C@@H]1c1ccccc1. The predicted octanol–water partition coefficient (Wildman–Crippen LogP) is 6.56. The minimum absolute atomic E-state index is 0.0167. The fourth-order valence-corrected chi connectivity index (χ4v) is 9.56. The summed E-state index contributed by atoms with van der Waals surface area (Å²) in [6, 6.07) is 35.7. The van der Waals surface area contributed by atoms with Crippen LogP contribution >= 0.6 is 0 Å². The quantitative estimate of drug-likeness (QED) is 0.177. The van der Waals surface area contributed by atoms with E-state index in [4.69, 9.17) is 0 Å². The highest BCUT2D eigenvalue weighted by atomic mass is 16.3. The lowest BCUT2D eigenvalue weighted by atomic mass is 9.73. The van der Waals surface area contributed by atoms with Crippen LogP contribution < -0.4 is 10.6 Å². The molecule has 0 bridgehead atoms. The second kappa shape index (κ2) is 15.2. The molecule has 4 aromatic rings. The molecule has 8 rings (SSSR count). The van der Waals surface area contributed by atoms with Gasteiger partial charge >= 0.3 is 0 Å². The summed E-state index contributed by atoms with van der Waals surface area (Å²) in [6.07, 6.45) is 5.36. The van der Waals surface area contributed by atoms with Crippen molar-refractivity contribution in [3.8, 4) is 12.1 Å². The first kappa shape index (κ1) is 37.1. The summed E-state index contributed by atoms with van der Waals surface area (Å²) in [5, 5.41) is 45.2. The number of nitriles is 2. The molecule has 4 aliphatic carbocycles. The molecule has 2 fully saturated rings. The molecule has 0 radical (unpaired) electrons. The third-order valence-electron chi connectivity index (χ3n) is 12.5. The standard InChI is InChI=1S/2C23H24N2O2/c2*1-23(22(27)25-19-8-5-9-20(19)26)13-17-11-10-15(14-24)12-18(17)21(23)16-6-3-2-4-7-16/h2*2-4,6-7,10-12,19-21,26H,5,8-9,13H2,1H3,(H,25,27)/t19-,20-,21+,23-;19-,20-,21-,23+/m10/s1. The lowest BCUT2D eigenvalue weighted by Gasteiger charge is -2.33. The van der Waals surface area contributed by atoms with Gasteiger partial charge in [-0.05, 0) is 123 Å². The molecular formula is C46H48N4O4. The van der Waals surface area contributed by atoms with E-state index in [0.717, 1.165) is 71.9 Å². The summed E-state index contributed by atoms with van der Waals surface area (Å²) < 4.78 is 0. The monoisotopic (exact) mass is 720 g/mol. The van der Waals surface area contributed by atoms with E-state index in [1.807, 2.05) is 86.6 Å². The highest BCUT2D eigenvalue weighted by Crippen LogP contribution is 2.52. The van der Waals surface area contributed by atoms with Crippen molar-refractivity contribution in [1.29, 1.82) is 10.5 Å². The number of fused-ring (bicyclic) bond motifs is 2. The van der Waals surface area contributed by atoms with E-state index >= 15 is 0 Å². The van der Waals surface area contributed by atoms with Crippen molar-refractivity contribution in [1.82, 2.24) is 10.6 Å². The molecule has 0 unspecified atom stereocenters. The number of hydrogen-bond donors (Lipinski definition) is 4. The number of nitrogens with one attached hydrogen (secondary N) is 2. The van der Waals surface area contributed by atoms with Crippen LogP contribution in [-0.2, 0) is 22.4 Å². The van der Waals surface area contributed by atoms with Crippen molar-refractivity contribution in [2.75, 3.05) is 0 Å². The van der Waals surface area contributed by atoms with Crippen molar-refractivity contribution in [2.45, 2.75) is 101 Å². The average Bonchev–Trinajstić information content (AvgIpc) is 3.95. The lowest BCUT2D eigenvalue weighted by molar-refractivity contribution is -0.132. The predicted molar refractivity (Wildman–Crippen MR) is 206 cm³/mol. The first-order valence-corrected chi connectivity index (χ1v) is 19.2. The van der Waals surface area contributed by atoms with Crippen molar-refractivity contribution >= 4 is 11.8 Å². The molecule has 4 aliphatic rings. The van der Waals surface area contributed by atoms with Crippen LogP contribution in [0.1, 0.15) is 109 Å².